The van der Waals surface area contributed by atoms with Gasteiger partial charge in [-0.3, -0.25) is 4.90 Å². The lowest BCUT2D eigenvalue weighted by atomic mass is 9.97. The smallest absolute Gasteiger partial charge is 0.0558 e. The Morgan fingerprint density at radius 2 is 2.06 bits per heavy atom. The van der Waals surface area contributed by atoms with E-state index < -0.39 is 0 Å². The molecular formula is C13H21BrN2O. The van der Waals surface area contributed by atoms with Crippen molar-refractivity contribution in [1.82, 2.24) is 4.90 Å². The van der Waals surface area contributed by atoms with Crippen molar-refractivity contribution >= 4 is 15.9 Å². The number of hydrogen-bond donors (Lipinski definition) is 2. The number of aliphatic hydroxyl groups excluding tert-OH is 1. The summed E-state index contributed by atoms with van der Waals surface area (Å²) in [6.07, 6.45) is 0.905. The number of hydrogen-bond acceptors (Lipinski definition) is 3. The maximum absolute atomic E-state index is 9.06. The molecule has 0 heterocycles. The van der Waals surface area contributed by atoms with E-state index in [-0.39, 0.29) is 18.7 Å². The molecule has 3 N–H and O–H groups in total. The monoisotopic (exact) mass is 300 g/mol. The van der Waals surface area contributed by atoms with Gasteiger partial charge in [-0.2, -0.15) is 0 Å². The Kier molecular flexibility index (Phi) is 6.12. The van der Waals surface area contributed by atoms with Gasteiger partial charge in [-0.1, -0.05) is 41.1 Å². The minimum absolute atomic E-state index is 0.0604. The molecule has 4 heteroatoms. The van der Waals surface area contributed by atoms with Crippen molar-refractivity contribution in [2.24, 2.45) is 5.73 Å². The molecule has 0 aliphatic carbocycles. The van der Waals surface area contributed by atoms with E-state index in [0.29, 0.717) is 6.54 Å². The van der Waals surface area contributed by atoms with Crippen LogP contribution in [0.2, 0.25) is 0 Å². The quantitative estimate of drug-likeness (QED) is 0.846. The molecule has 0 saturated heterocycles. The molecule has 17 heavy (non-hydrogen) atoms. The number of halogens is 1. The molecule has 0 aliphatic heterocycles. The Morgan fingerprint density at radius 3 is 2.59 bits per heavy atom. The first kappa shape index (κ1) is 14.6. The zero-order valence-electron chi connectivity index (χ0n) is 10.4. The highest BCUT2D eigenvalue weighted by atomic mass is 79.9. The summed E-state index contributed by atoms with van der Waals surface area (Å²) >= 11 is 3.57. The van der Waals surface area contributed by atoms with Gasteiger partial charge in [0.2, 0.25) is 0 Å². The lowest BCUT2D eigenvalue weighted by Crippen LogP contribution is -2.40. The molecule has 0 bridgehead atoms. The minimum Gasteiger partial charge on any atom is -0.395 e. The molecule has 3 nitrogen and oxygen atoms in total. The Balaban J connectivity index is 3.02. The number of nitrogens with zero attached hydrogens (tertiary/aromatic N) is 1. The van der Waals surface area contributed by atoms with E-state index in [0.717, 1.165) is 10.9 Å². The number of rotatable bonds is 6. The fourth-order valence-electron chi connectivity index (χ4n) is 2.03. The summed E-state index contributed by atoms with van der Waals surface area (Å²) in [5.74, 6) is 0. The van der Waals surface area contributed by atoms with Gasteiger partial charge in [-0.15, -0.1) is 0 Å². The van der Waals surface area contributed by atoms with Crippen molar-refractivity contribution in [2.45, 2.75) is 25.4 Å². The molecule has 0 fully saturated rings. The largest absolute Gasteiger partial charge is 0.395 e. The van der Waals surface area contributed by atoms with Crippen molar-refractivity contribution in [3.8, 4) is 0 Å². The van der Waals surface area contributed by atoms with E-state index in [4.69, 9.17) is 10.8 Å². The summed E-state index contributed by atoms with van der Waals surface area (Å²) in [6, 6.07) is 8.31. The van der Waals surface area contributed by atoms with Gasteiger partial charge in [0.05, 0.1) is 12.6 Å². The third-order valence-corrected chi connectivity index (χ3v) is 3.75. The molecular weight excluding hydrogens is 280 g/mol. The number of likely N-dealkylation sites (N-methyl/N-ethyl adjacent to an activating group) is 1. The molecule has 0 spiro atoms. The second-order valence-corrected chi connectivity index (χ2v) is 5.10. The fraction of sp³-hybridized carbons (Fsp3) is 0.538. The minimum atomic E-state index is 0.0604. The standard InChI is InChI=1S/C13H21BrN2O/c1-3-12(15)13(16(2)8-9-17)10-6-4-5-7-11(10)14/h4-7,12-13,17H,3,8-9,15H2,1-2H3. The Labute approximate surface area is 112 Å². The van der Waals surface area contributed by atoms with Crippen LogP contribution in [0.5, 0.6) is 0 Å². The second-order valence-electron chi connectivity index (χ2n) is 4.24. The van der Waals surface area contributed by atoms with Crippen LogP contribution in [0.3, 0.4) is 0 Å². The number of aliphatic hydroxyl groups is 1. The molecule has 96 valence electrons. The van der Waals surface area contributed by atoms with Gasteiger partial charge in [-0.25, -0.2) is 0 Å². The van der Waals surface area contributed by atoms with Crippen LogP contribution in [-0.2, 0) is 0 Å². The molecule has 1 aromatic carbocycles. The Hall–Kier alpha value is -0.420. The summed E-state index contributed by atoms with van der Waals surface area (Å²) in [4.78, 5) is 2.11. The van der Waals surface area contributed by atoms with Crippen LogP contribution in [0.4, 0.5) is 0 Å². The average molecular weight is 301 g/mol. The van der Waals surface area contributed by atoms with Crippen molar-refractivity contribution in [1.29, 1.82) is 0 Å². The average Bonchev–Trinajstić information content (AvgIpc) is 2.32. The normalized spacial score (nSPS) is 14.9. The first-order chi connectivity index (χ1) is 8.11. The highest BCUT2D eigenvalue weighted by Gasteiger charge is 2.24. The third-order valence-electron chi connectivity index (χ3n) is 3.03. The number of nitrogens with two attached hydrogens (primary N) is 1. The van der Waals surface area contributed by atoms with Gasteiger partial charge in [0.1, 0.15) is 0 Å². The maximum Gasteiger partial charge on any atom is 0.0558 e. The van der Waals surface area contributed by atoms with Crippen LogP contribution in [0, 0.1) is 0 Å². The number of benzene rings is 1. The summed E-state index contributed by atoms with van der Waals surface area (Å²) in [5, 5.41) is 9.06. The van der Waals surface area contributed by atoms with E-state index >= 15 is 0 Å². The zero-order valence-corrected chi connectivity index (χ0v) is 12.0. The zero-order chi connectivity index (χ0) is 12.8. The van der Waals surface area contributed by atoms with Gasteiger partial charge in [0.15, 0.2) is 0 Å². The first-order valence-corrected chi connectivity index (χ1v) is 6.72. The van der Waals surface area contributed by atoms with E-state index in [1.807, 2.05) is 25.2 Å². The molecule has 0 aliphatic rings. The predicted molar refractivity (Wildman–Crippen MR) is 74.9 cm³/mol. The van der Waals surface area contributed by atoms with Gasteiger partial charge in [-0.05, 0) is 25.1 Å². The van der Waals surface area contributed by atoms with Crippen molar-refractivity contribution in [3.63, 3.8) is 0 Å². The van der Waals surface area contributed by atoms with Crippen LogP contribution in [0.25, 0.3) is 0 Å². The molecule has 1 rings (SSSR count). The van der Waals surface area contributed by atoms with Crippen LogP contribution >= 0.6 is 15.9 Å². The van der Waals surface area contributed by atoms with Crippen molar-refractivity contribution in [3.05, 3.63) is 34.3 Å². The molecule has 0 aromatic heterocycles. The predicted octanol–water partition coefficient (Wildman–Crippen LogP) is 2.15. The molecule has 0 radical (unpaired) electrons. The van der Waals surface area contributed by atoms with Crippen LogP contribution < -0.4 is 5.73 Å². The highest BCUT2D eigenvalue weighted by molar-refractivity contribution is 9.10. The Bertz CT molecular complexity index is 346. The maximum atomic E-state index is 9.06. The summed E-state index contributed by atoms with van der Waals surface area (Å²) in [7, 11) is 2.00. The van der Waals surface area contributed by atoms with Gasteiger partial charge in [0.25, 0.3) is 0 Å². The van der Waals surface area contributed by atoms with Crippen molar-refractivity contribution in [2.75, 3.05) is 20.2 Å². The second kappa shape index (κ2) is 7.11. The topological polar surface area (TPSA) is 49.5 Å². The first-order valence-electron chi connectivity index (χ1n) is 5.92. The van der Waals surface area contributed by atoms with E-state index in [1.165, 1.54) is 5.56 Å². The van der Waals surface area contributed by atoms with Crippen LogP contribution in [0.1, 0.15) is 24.9 Å². The van der Waals surface area contributed by atoms with Gasteiger partial charge < -0.3 is 10.8 Å². The molecule has 0 amide bonds. The Morgan fingerprint density at radius 1 is 1.41 bits per heavy atom. The lowest BCUT2D eigenvalue weighted by molar-refractivity contribution is 0.161. The van der Waals surface area contributed by atoms with Crippen LogP contribution in [0.15, 0.2) is 28.7 Å². The molecule has 0 saturated carbocycles. The van der Waals surface area contributed by atoms with Gasteiger partial charge >= 0.3 is 0 Å². The molecule has 2 unspecified atom stereocenters. The fourth-order valence-corrected chi connectivity index (χ4v) is 2.55. The third kappa shape index (κ3) is 3.78. The van der Waals surface area contributed by atoms with E-state index in [1.54, 1.807) is 0 Å². The van der Waals surface area contributed by atoms with E-state index in [9.17, 15) is 0 Å². The summed E-state index contributed by atoms with van der Waals surface area (Å²) in [5.41, 5.74) is 7.38. The molecule has 1 aromatic rings. The highest BCUT2D eigenvalue weighted by Crippen LogP contribution is 2.29. The SMILES string of the molecule is CCC(N)C(c1ccccc1Br)N(C)CCO. The lowest BCUT2D eigenvalue weighted by Gasteiger charge is -2.33. The summed E-state index contributed by atoms with van der Waals surface area (Å²) in [6.45, 7) is 2.86. The van der Waals surface area contributed by atoms with Gasteiger partial charge in [0, 0.05) is 17.1 Å². The molecule has 2 atom stereocenters. The van der Waals surface area contributed by atoms with Crippen molar-refractivity contribution < 1.29 is 5.11 Å². The van der Waals surface area contributed by atoms with Crippen LogP contribution in [-0.4, -0.2) is 36.2 Å². The summed E-state index contributed by atoms with van der Waals surface area (Å²) < 4.78 is 1.07. The van der Waals surface area contributed by atoms with E-state index in [2.05, 4.69) is 33.8 Å².